The first-order chi connectivity index (χ1) is 8.60. The van der Waals surface area contributed by atoms with Gasteiger partial charge in [0.25, 0.3) is 0 Å². The molecule has 0 aliphatic carbocycles. The number of hydrogen-bond acceptors (Lipinski definition) is 3. The van der Waals surface area contributed by atoms with E-state index in [2.05, 4.69) is 4.98 Å². The van der Waals surface area contributed by atoms with Crippen LogP contribution < -0.4 is 10.5 Å². The number of hydrogen-bond donors (Lipinski definition) is 1. The topological polar surface area (TPSA) is 48.1 Å². The van der Waals surface area contributed by atoms with E-state index in [0.29, 0.717) is 27.4 Å². The average molecular weight is 304 g/mol. The molecule has 0 bridgehead atoms. The third-order valence-corrected chi connectivity index (χ3v) is 2.94. The van der Waals surface area contributed by atoms with Crippen molar-refractivity contribution in [3.63, 3.8) is 0 Å². The molecule has 94 valence electrons. The minimum Gasteiger partial charge on any atom is -0.437 e. The van der Waals surface area contributed by atoms with E-state index in [0.717, 1.165) is 5.56 Å². The molecular weight excluding hydrogens is 295 g/mol. The molecule has 3 nitrogen and oxygen atoms in total. The number of ether oxygens (including phenoxy) is 1. The van der Waals surface area contributed by atoms with E-state index in [1.807, 2.05) is 0 Å². The van der Waals surface area contributed by atoms with E-state index in [-0.39, 0.29) is 5.88 Å². The van der Waals surface area contributed by atoms with E-state index in [1.54, 1.807) is 24.3 Å². The summed E-state index contributed by atoms with van der Waals surface area (Å²) in [7, 11) is 0. The Labute approximate surface area is 119 Å². The van der Waals surface area contributed by atoms with Crippen LogP contribution >= 0.6 is 34.8 Å². The average Bonchev–Trinajstić information content (AvgIpc) is 2.33. The normalized spacial score (nSPS) is 10.4. The summed E-state index contributed by atoms with van der Waals surface area (Å²) in [4.78, 5) is 4.01. The zero-order valence-electron chi connectivity index (χ0n) is 9.16. The molecule has 1 aromatic carbocycles. The number of rotatable bonds is 3. The molecule has 2 N–H and O–H groups in total. The molecule has 0 aliphatic rings. The first-order valence-corrected chi connectivity index (χ1v) is 6.21. The largest absolute Gasteiger partial charge is 0.437 e. The molecule has 0 saturated carbocycles. The second kappa shape index (κ2) is 5.76. The lowest BCUT2D eigenvalue weighted by molar-refractivity contribution is 0.457. The highest BCUT2D eigenvalue weighted by Gasteiger charge is 2.09. The van der Waals surface area contributed by atoms with Gasteiger partial charge in [-0.1, -0.05) is 40.9 Å². The summed E-state index contributed by atoms with van der Waals surface area (Å²) in [6.07, 6.45) is 1.45. The van der Waals surface area contributed by atoms with Crippen LogP contribution in [0.4, 0.5) is 0 Å². The van der Waals surface area contributed by atoms with Crippen molar-refractivity contribution in [2.45, 2.75) is 6.54 Å². The predicted octanol–water partition coefficient (Wildman–Crippen LogP) is 4.29. The van der Waals surface area contributed by atoms with Crippen molar-refractivity contribution in [1.82, 2.24) is 4.98 Å². The molecule has 0 unspecified atom stereocenters. The number of benzene rings is 1. The number of halogens is 3. The molecule has 2 rings (SSSR count). The van der Waals surface area contributed by atoms with Crippen LogP contribution in [0.25, 0.3) is 0 Å². The highest BCUT2D eigenvalue weighted by atomic mass is 35.5. The molecule has 0 radical (unpaired) electrons. The minimum absolute atomic E-state index is 0.262. The Morgan fingerprint density at radius 3 is 2.56 bits per heavy atom. The van der Waals surface area contributed by atoms with E-state index in [4.69, 9.17) is 45.3 Å². The Hall–Kier alpha value is -1.000. The van der Waals surface area contributed by atoms with Crippen LogP contribution in [0.5, 0.6) is 11.6 Å². The second-order valence-electron chi connectivity index (χ2n) is 3.50. The Kier molecular flexibility index (Phi) is 4.30. The van der Waals surface area contributed by atoms with Gasteiger partial charge in [0.1, 0.15) is 10.8 Å². The fourth-order valence-corrected chi connectivity index (χ4v) is 1.95. The van der Waals surface area contributed by atoms with Crippen molar-refractivity contribution < 1.29 is 4.74 Å². The quantitative estimate of drug-likeness (QED) is 0.920. The molecule has 0 atom stereocenters. The van der Waals surface area contributed by atoms with Crippen molar-refractivity contribution in [3.05, 3.63) is 51.1 Å². The van der Waals surface area contributed by atoms with Crippen molar-refractivity contribution >= 4 is 34.8 Å². The molecule has 1 aromatic heterocycles. The fraction of sp³-hybridized carbons (Fsp3) is 0.0833. The molecule has 0 fully saturated rings. The zero-order valence-corrected chi connectivity index (χ0v) is 11.4. The van der Waals surface area contributed by atoms with Gasteiger partial charge in [-0.25, -0.2) is 4.98 Å². The third-order valence-electron chi connectivity index (χ3n) is 2.23. The number of aromatic nitrogens is 1. The van der Waals surface area contributed by atoms with E-state index in [1.165, 1.54) is 6.20 Å². The van der Waals surface area contributed by atoms with Crippen LogP contribution in [0, 0.1) is 0 Å². The van der Waals surface area contributed by atoms with Crippen LogP contribution in [0.1, 0.15) is 5.56 Å². The molecular formula is C12H9Cl3N2O. The maximum absolute atomic E-state index is 5.98. The van der Waals surface area contributed by atoms with Crippen LogP contribution in [0.3, 0.4) is 0 Å². The number of pyridine rings is 1. The van der Waals surface area contributed by atoms with Gasteiger partial charge in [0.15, 0.2) is 0 Å². The van der Waals surface area contributed by atoms with Gasteiger partial charge in [0.05, 0.1) is 5.02 Å². The zero-order chi connectivity index (χ0) is 13.1. The molecule has 6 heteroatoms. The highest BCUT2D eigenvalue weighted by Crippen LogP contribution is 2.32. The van der Waals surface area contributed by atoms with Crippen molar-refractivity contribution in [1.29, 1.82) is 0 Å². The Bertz CT molecular complexity index is 575. The van der Waals surface area contributed by atoms with Gasteiger partial charge in [0.2, 0.25) is 5.88 Å². The lowest BCUT2D eigenvalue weighted by atomic mass is 10.2. The molecule has 1 heterocycles. The van der Waals surface area contributed by atoms with Gasteiger partial charge in [-0.3, -0.25) is 0 Å². The maximum Gasteiger partial charge on any atom is 0.238 e. The van der Waals surface area contributed by atoms with E-state index >= 15 is 0 Å². The van der Waals surface area contributed by atoms with Crippen molar-refractivity contribution in [2.24, 2.45) is 5.73 Å². The molecule has 18 heavy (non-hydrogen) atoms. The molecule has 2 aromatic rings. The SMILES string of the molecule is NCc1ccc(Cl)cc1Oc1ncc(Cl)cc1Cl. The first kappa shape index (κ1) is 13.4. The van der Waals surface area contributed by atoms with Crippen LogP contribution in [-0.4, -0.2) is 4.98 Å². The fourth-order valence-electron chi connectivity index (χ4n) is 1.37. The molecule has 0 aliphatic heterocycles. The third kappa shape index (κ3) is 3.06. The van der Waals surface area contributed by atoms with Gasteiger partial charge in [0, 0.05) is 23.3 Å². The summed E-state index contributed by atoms with van der Waals surface area (Å²) < 4.78 is 5.60. The van der Waals surface area contributed by atoms with Gasteiger partial charge >= 0.3 is 0 Å². The Morgan fingerprint density at radius 2 is 1.89 bits per heavy atom. The van der Waals surface area contributed by atoms with Crippen LogP contribution in [0.15, 0.2) is 30.5 Å². The number of nitrogens with zero attached hydrogens (tertiary/aromatic N) is 1. The van der Waals surface area contributed by atoms with Crippen LogP contribution in [-0.2, 0) is 6.54 Å². The molecule has 0 spiro atoms. The van der Waals surface area contributed by atoms with Gasteiger partial charge < -0.3 is 10.5 Å². The maximum atomic E-state index is 5.98. The van der Waals surface area contributed by atoms with Crippen molar-refractivity contribution in [3.8, 4) is 11.6 Å². The second-order valence-corrected chi connectivity index (χ2v) is 4.78. The Balaban J connectivity index is 2.36. The summed E-state index contributed by atoms with van der Waals surface area (Å²) in [6, 6.07) is 6.75. The molecule has 0 saturated heterocycles. The monoisotopic (exact) mass is 302 g/mol. The highest BCUT2D eigenvalue weighted by molar-refractivity contribution is 6.35. The van der Waals surface area contributed by atoms with Crippen molar-refractivity contribution in [2.75, 3.05) is 0 Å². The minimum atomic E-state index is 0.262. The van der Waals surface area contributed by atoms with E-state index in [9.17, 15) is 0 Å². The predicted molar refractivity (Wildman–Crippen MR) is 73.7 cm³/mol. The Morgan fingerprint density at radius 1 is 1.11 bits per heavy atom. The van der Waals surface area contributed by atoms with Gasteiger partial charge in [-0.2, -0.15) is 0 Å². The summed E-state index contributed by atoms with van der Waals surface area (Å²) in [5, 5.41) is 1.32. The molecule has 0 amide bonds. The number of nitrogens with two attached hydrogens (primary N) is 1. The standard InChI is InChI=1S/C12H9Cl3N2O/c13-8-2-1-7(5-16)11(4-8)18-12-10(15)3-9(14)6-17-12/h1-4,6H,5,16H2. The summed E-state index contributed by atoms with van der Waals surface area (Å²) in [5.74, 6) is 0.791. The van der Waals surface area contributed by atoms with Crippen LogP contribution in [0.2, 0.25) is 15.1 Å². The first-order valence-electron chi connectivity index (χ1n) is 5.07. The summed E-state index contributed by atoms with van der Waals surface area (Å²) in [6.45, 7) is 0.331. The smallest absolute Gasteiger partial charge is 0.238 e. The van der Waals surface area contributed by atoms with Gasteiger partial charge in [-0.05, 0) is 18.2 Å². The lowest BCUT2D eigenvalue weighted by Gasteiger charge is -2.10. The van der Waals surface area contributed by atoms with Gasteiger partial charge in [-0.15, -0.1) is 0 Å². The lowest BCUT2D eigenvalue weighted by Crippen LogP contribution is -2.00. The summed E-state index contributed by atoms with van der Waals surface area (Å²) >= 11 is 17.6. The van der Waals surface area contributed by atoms with E-state index < -0.39 is 0 Å². The summed E-state index contributed by atoms with van der Waals surface area (Å²) in [5.41, 5.74) is 6.43.